The van der Waals surface area contributed by atoms with Crippen LogP contribution in [0.1, 0.15) is 19.8 Å². The van der Waals surface area contributed by atoms with Crippen LogP contribution in [0, 0.1) is 0 Å². The van der Waals surface area contributed by atoms with Gasteiger partial charge in [-0.3, -0.25) is 0 Å². The van der Waals surface area contributed by atoms with E-state index in [2.05, 4.69) is 34.4 Å². The maximum Gasteiger partial charge on any atom is 0.226 e. The van der Waals surface area contributed by atoms with Crippen LogP contribution < -0.4 is 5.32 Å². The maximum atomic E-state index is 5.85. The molecule has 1 aromatic heterocycles. The number of rotatable bonds is 3. The number of halogens is 2. The summed E-state index contributed by atoms with van der Waals surface area (Å²) in [6, 6.07) is 1.52. The van der Waals surface area contributed by atoms with Crippen molar-refractivity contribution in [1.82, 2.24) is 9.97 Å². The first kappa shape index (κ1) is 12.4. The minimum atomic E-state index is -0.150. The fourth-order valence-electron chi connectivity index (χ4n) is 1.78. The average Bonchev–Trinajstić information content (AvgIpc) is 2.29. The first-order valence-corrected chi connectivity index (χ1v) is 6.22. The average molecular weight is 270 g/mol. The highest BCUT2D eigenvalue weighted by atomic mass is 35.5. The lowest BCUT2D eigenvalue weighted by Crippen LogP contribution is -2.36. The van der Waals surface area contributed by atoms with Crippen molar-refractivity contribution in [3.63, 3.8) is 0 Å². The minimum Gasteiger partial charge on any atom is -0.345 e. The Labute approximate surface area is 111 Å². The molecule has 1 atom stereocenters. The maximum absolute atomic E-state index is 5.85. The highest BCUT2D eigenvalue weighted by Gasteiger charge is 2.25. The van der Waals surface area contributed by atoms with Crippen LogP contribution >= 0.6 is 23.2 Å². The van der Waals surface area contributed by atoms with E-state index < -0.39 is 0 Å². The zero-order chi connectivity index (χ0) is 12.3. The molecule has 0 amide bonds. The van der Waals surface area contributed by atoms with Crippen molar-refractivity contribution in [2.45, 2.75) is 25.3 Å². The van der Waals surface area contributed by atoms with Crippen molar-refractivity contribution in [3.8, 4) is 0 Å². The second-order valence-electron chi connectivity index (χ2n) is 3.96. The van der Waals surface area contributed by atoms with Gasteiger partial charge in [-0.05, 0) is 12.8 Å². The summed E-state index contributed by atoms with van der Waals surface area (Å²) in [6.07, 6.45) is 10.1. The van der Waals surface area contributed by atoms with Gasteiger partial charge in [-0.1, -0.05) is 54.4 Å². The number of nitrogens with one attached hydrogen (secondary N) is 1. The molecule has 0 saturated heterocycles. The zero-order valence-electron chi connectivity index (χ0n) is 9.45. The largest absolute Gasteiger partial charge is 0.345 e. The molecule has 17 heavy (non-hydrogen) atoms. The fraction of sp³-hybridized carbons (Fsp3) is 0.333. The van der Waals surface area contributed by atoms with E-state index in [1.54, 1.807) is 0 Å². The number of anilines is 1. The Morgan fingerprint density at radius 1 is 1.29 bits per heavy atom. The normalized spacial score (nSPS) is 22.8. The van der Waals surface area contributed by atoms with Crippen LogP contribution in [-0.2, 0) is 0 Å². The third kappa shape index (κ3) is 2.99. The molecule has 3 nitrogen and oxygen atoms in total. The summed E-state index contributed by atoms with van der Waals surface area (Å²) in [5.74, 6) is 0.462. The van der Waals surface area contributed by atoms with Gasteiger partial charge in [0.2, 0.25) is 5.95 Å². The summed E-state index contributed by atoms with van der Waals surface area (Å²) in [4.78, 5) is 8.24. The van der Waals surface area contributed by atoms with Crippen LogP contribution in [0.4, 0.5) is 5.95 Å². The van der Waals surface area contributed by atoms with Gasteiger partial charge in [0.15, 0.2) is 0 Å². The molecule has 0 aliphatic heterocycles. The number of hydrogen-bond acceptors (Lipinski definition) is 3. The Balaban J connectivity index is 2.24. The van der Waals surface area contributed by atoms with Gasteiger partial charge in [0, 0.05) is 6.07 Å². The number of allylic oxidation sites excluding steroid dienone is 2. The molecule has 1 aromatic rings. The summed E-state index contributed by atoms with van der Waals surface area (Å²) in [6.45, 7) is 2.11. The zero-order valence-corrected chi connectivity index (χ0v) is 11.0. The summed E-state index contributed by atoms with van der Waals surface area (Å²) in [7, 11) is 0. The van der Waals surface area contributed by atoms with Gasteiger partial charge in [0.05, 0.1) is 5.54 Å². The first-order chi connectivity index (χ1) is 8.13. The molecule has 1 heterocycles. The summed E-state index contributed by atoms with van der Waals surface area (Å²) >= 11 is 11.7. The monoisotopic (exact) mass is 269 g/mol. The molecule has 0 fully saturated rings. The van der Waals surface area contributed by atoms with Crippen molar-refractivity contribution in [1.29, 1.82) is 0 Å². The van der Waals surface area contributed by atoms with Gasteiger partial charge >= 0.3 is 0 Å². The molecule has 0 saturated carbocycles. The first-order valence-electron chi connectivity index (χ1n) is 5.46. The van der Waals surface area contributed by atoms with Crippen molar-refractivity contribution >= 4 is 29.2 Å². The third-order valence-electron chi connectivity index (χ3n) is 2.80. The van der Waals surface area contributed by atoms with Crippen LogP contribution in [0.15, 0.2) is 30.4 Å². The Bertz CT molecular complexity index is 451. The molecule has 0 radical (unpaired) electrons. The molecule has 1 aliphatic rings. The highest BCUT2D eigenvalue weighted by molar-refractivity contribution is 6.33. The van der Waals surface area contributed by atoms with E-state index in [-0.39, 0.29) is 5.54 Å². The van der Waals surface area contributed by atoms with Crippen molar-refractivity contribution in [2.75, 3.05) is 5.32 Å². The van der Waals surface area contributed by atoms with Crippen molar-refractivity contribution in [2.24, 2.45) is 0 Å². The standard InChI is InChI=1S/C12H13Cl2N3/c1-2-12(6-4-3-5-7-12)17-11-15-9(13)8-10(14)16-11/h3-6,8H,2,7H2,1H3,(H,15,16,17)/t12-/m1/s1. The molecule has 1 N–H and O–H groups in total. The smallest absolute Gasteiger partial charge is 0.226 e. The van der Waals surface area contributed by atoms with Crippen molar-refractivity contribution < 1.29 is 0 Å². The van der Waals surface area contributed by atoms with E-state index >= 15 is 0 Å². The Kier molecular flexibility index (Phi) is 3.69. The highest BCUT2D eigenvalue weighted by Crippen LogP contribution is 2.26. The van der Waals surface area contributed by atoms with E-state index in [0.717, 1.165) is 12.8 Å². The molecule has 5 heteroatoms. The molecule has 0 unspecified atom stereocenters. The Hall–Kier alpha value is -1.06. The predicted molar refractivity (Wildman–Crippen MR) is 71.6 cm³/mol. The summed E-state index contributed by atoms with van der Waals surface area (Å²) in [5, 5.41) is 3.98. The molecule has 0 bridgehead atoms. The molecular formula is C12H13Cl2N3. The van der Waals surface area contributed by atoms with Gasteiger partial charge in [-0.15, -0.1) is 0 Å². The van der Waals surface area contributed by atoms with Crippen LogP contribution in [0.5, 0.6) is 0 Å². The van der Waals surface area contributed by atoms with E-state index in [1.807, 2.05) is 12.2 Å². The van der Waals surface area contributed by atoms with Gasteiger partial charge in [-0.2, -0.15) is 0 Å². The van der Waals surface area contributed by atoms with Gasteiger partial charge in [-0.25, -0.2) is 9.97 Å². The molecule has 90 valence electrons. The fourth-order valence-corrected chi connectivity index (χ4v) is 2.20. The number of aromatic nitrogens is 2. The lowest BCUT2D eigenvalue weighted by molar-refractivity contribution is 0.552. The van der Waals surface area contributed by atoms with Crippen molar-refractivity contribution in [3.05, 3.63) is 40.7 Å². The number of nitrogens with zero attached hydrogens (tertiary/aromatic N) is 2. The molecular weight excluding hydrogens is 257 g/mol. The van der Waals surface area contributed by atoms with Gasteiger partial charge in [0.1, 0.15) is 10.3 Å². The van der Waals surface area contributed by atoms with Crippen LogP contribution in [0.3, 0.4) is 0 Å². The Morgan fingerprint density at radius 3 is 2.53 bits per heavy atom. The van der Waals surface area contributed by atoms with Crippen LogP contribution in [0.2, 0.25) is 10.3 Å². The summed E-state index contributed by atoms with van der Waals surface area (Å²) < 4.78 is 0. The SMILES string of the molecule is CC[C@@]1(Nc2nc(Cl)cc(Cl)n2)C=CC=CC1. The molecule has 0 aromatic carbocycles. The summed E-state index contributed by atoms with van der Waals surface area (Å²) in [5.41, 5.74) is -0.150. The predicted octanol–water partition coefficient (Wildman–Crippen LogP) is 3.86. The van der Waals surface area contributed by atoms with E-state index in [0.29, 0.717) is 16.3 Å². The lowest BCUT2D eigenvalue weighted by atomic mass is 9.89. The molecule has 1 aliphatic carbocycles. The van der Waals surface area contributed by atoms with E-state index in [1.165, 1.54) is 6.07 Å². The minimum absolute atomic E-state index is 0.150. The van der Waals surface area contributed by atoms with E-state index in [4.69, 9.17) is 23.2 Å². The molecule has 0 spiro atoms. The topological polar surface area (TPSA) is 37.8 Å². The van der Waals surface area contributed by atoms with Gasteiger partial charge < -0.3 is 5.32 Å². The van der Waals surface area contributed by atoms with Crippen LogP contribution in [-0.4, -0.2) is 15.5 Å². The second kappa shape index (κ2) is 5.07. The molecule has 2 rings (SSSR count). The quantitative estimate of drug-likeness (QED) is 0.847. The van der Waals surface area contributed by atoms with Gasteiger partial charge in [0.25, 0.3) is 0 Å². The van der Waals surface area contributed by atoms with E-state index in [9.17, 15) is 0 Å². The van der Waals surface area contributed by atoms with Crippen LogP contribution in [0.25, 0.3) is 0 Å². The lowest BCUT2D eigenvalue weighted by Gasteiger charge is -2.31. The third-order valence-corrected chi connectivity index (χ3v) is 3.19. The Morgan fingerprint density at radius 2 is 2.00 bits per heavy atom. The number of hydrogen-bond donors (Lipinski definition) is 1. The second-order valence-corrected chi connectivity index (χ2v) is 4.74.